The Balaban J connectivity index is 1.95. The molecule has 0 spiro atoms. The number of rotatable bonds is 4. The lowest BCUT2D eigenvalue weighted by molar-refractivity contribution is -0.117. The maximum absolute atomic E-state index is 11.7. The molecule has 0 aliphatic heterocycles. The lowest BCUT2D eigenvalue weighted by Gasteiger charge is -2.00. The Kier molecular flexibility index (Phi) is 3.44. The van der Waals surface area contributed by atoms with Gasteiger partial charge in [-0.3, -0.25) is 9.78 Å². The Morgan fingerprint density at radius 1 is 0.938 bits per heavy atom. The van der Waals surface area contributed by atoms with Crippen molar-refractivity contribution in [3.8, 4) is 0 Å². The third-order valence-electron chi connectivity index (χ3n) is 2.35. The molecule has 0 aliphatic carbocycles. The van der Waals surface area contributed by atoms with E-state index in [4.69, 9.17) is 0 Å². The average molecular weight is 211 g/mol. The zero-order chi connectivity index (χ0) is 11.2. The molecule has 2 aromatic rings. The van der Waals surface area contributed by atoms with Gasteiger partial charge in [0.2, 0.25) is 0 Å². The molecular formula is C14H13NO. The number of pyridine rings is 1. The van der Waals surface area contributed by atoms with Crippen molar-refractivity contribution in [2.75, 3.05) is 0 Å². The zero-order valence-electron chi connectivity index (χ0n) is 8.97. The lowest BCUT2D eigenvalue weighted by atomic mass is 10.1. The molecule has 2 heteroatoms. The van der Waals surface area contributed by atoms with Gasteiger partial charge < -0.3 is 0 Å². The first-order valence-electron chi connectivity index (χ1n) is 5.30. The predicted octanol–water partition coefficient (Wildman–Crippen LogP) is 2.44. The van der Waals surface area contributed by atoms with Crippen LogP contribution in [-0.4, -0.2) is 10.8 Å². The summed E-state index contributed by atoms with van der Waals surface area (Å²) in [6, 6.07) is 15.4. The second-order valence-electron chi connectivity index (χ2n) is 3.70. The molecule has 0 saturated carbocycles. The minimum Gasteiger partial charge on any atom is -0.299 e. The molecule has 0 aliphatic rings. The van der Waals surface area contributed by atoms with E-state index in [0.717, 1.165) is 11.3 Å². The molecular weight excluding hydrogens is 198 g/mol. The smallest absolute Gasteiger partial charge is 0.143 e. The van der Waals surface area contributed by atoms with Gasteiger partial charge in [-0.05, 0) is 17.7 Å². The number of carbonyl (C=O) groups is 1. The fraction of sp³-hybridized carbons (Fsp3) is 0.143. The Bertz CT molecular complexity index is 407. The summed E-state index contributed by atoms with van der Waals surface area (Å²) < 4.78 is 0. The van der Waals surface area contributed by atoms with Crippen LogP contribution in [0.15, 0.2) is 54.7 Å². The highest BCUT2D eigenvalue weighted by molar-refractivity contribution is 5.82. The molecule has 0 N–H and O–H groups in total. The predicted molar refractivity (Wildman–Crippen MR) is 63.1 cm³/mol. The molecule has 80 valence electrons. The molecule has 0 atom stereocenters. The summed E-state index contributed by atoms with van der Waals surface area (Å²) in [6.45, 7) is 0. The van der Waals surface area contributed by atoms with Gasteiger partial charge >= 0.3 is 0 Å². The Hall–Kier alpha value is -1.96. The average Bonchev–Trinajstić information content (AvgIpc) is 2.31. The molecule has 0 amide bonds. The van der Waals surface area contributed by atoms with Gasteiger partial charge in [0.05, 0.1) is 0 Å². The van der Waals surface area contributed by atoms with Crippen LogP contribution in [0, 0.1) is 0 Å². The van der Waals surface area contributed by atoms with E-state index in [0.29, 0.717) is 12.8 Å². The van der Waals surface area contributed by atoms with Crippen molar-refractivity contribution in [2.45, 2.75) is 12.8 Å². The Morgan fingerprint density at radius 3 is 2.38 bits per heavy atom. The molecule has 2 rings (SSSR count). The first kappa shape index (κ1) is 10.6. The van der Waals surface area contributed by atoms with Gasteiger partial charge in [-0.25, -0.2) is 0 Å². The standard InChI is InChI=1S/C14H13NO/c16-14(10-12-6-2-1-3-7-12)11-13-8-4-5-9-15-13/h1-9H,10-11H2. The molecule has 2 nitrogen and oxygen atoms in total. The minimum atomic E-state index is 0.199. The lowest BCUT2D eigenvalue weighted by Crippen LogP contribution is -2.07. The van der Waals surface area contributed by atoms with Gasteiger partial charge in [-0.15, -0.1) is 0 Å². The van der Waals surface area contributed by atoms with Crippen LogP contribution in [0.2, 0.25) is 0 Å². The fourth-order valence-corrected chi connectivity index (χ4v) is 1.59. The minimum absolute atomic E-state index is 0.199. The number of aromatic nitrogens is 1. The summed E-state index contributed by atoms with van der Waals surface area (Å²) >= 11 is 0. The second kappa shape index (κ2) is 5.21. The summed E-state index contributed by atoms with van der Waals surface area (Å²) in [5.74, 6) is 0.199. The third kappa shape index (κ3) is 3.02. The van der Waals surface area contributed by atoms with E-state index in [2.05, 4.69) is 4.98 Å². The van der Waals surface area contributed by atoms with Gasteiger partial charge in [-0.1, -0.05) is 36.4 Å². The summed E-state index contributed by atoms with van der Waals surface area (Å²) in [7, 11) is 0. The van der Waals surface area contributed by atoms with Crippen molar-refractivity contribution >= 4 is 5.78 Å². The van der Waals surface area contributed by atoms with Crippen molar-refractivity contribution in [2.24, 2.45) is 0 Å². The summed E-state index contributed by atoms with van der Waals surface area (Å²) in [5, 5.41) is 0. The molecule has 0 unspecified atom stereocenters. The maximum Gasteiger partial charge on any atom is 0.143 e. The van der Waals surface area contributed by atoms with Crippen LogP contribution in [0.3, 0.4) is 0 Å². The number of carbonyl (C=O) groups excluding carboxylic acids is 1. The number of Topliss-reactive ketones (excluding diaryl/α,β-unsaturated/α-hetero) is 1. The summed E-state index contributed by atoms with van der Waals surface area (Å²) in [6.07, 6.45) is 2.61. The molecule has 1 aromatic heterocycles. The van der Waals surface area contributed by atoms with E-state index in [9.17, 15) is 4.79 Å². The third-order valence-corrected chi connectivity index (χ3v) is 2.35. The number of hydrogen-bond donors (Lipinski definition) is 0. The number of benzene rings is 1. The first-order chi connectivity index (χ1) is 7.84. The zero-order valence-corrected chi connectivity index (χ0v) is 8.97. The molecule has 0 saturated heterocycles. The van der Waals surface area contributed by atoms with Gasteiger partial charge in [0.25, 0.3) is 0 Å². The van der Waals surface area contributed by atoms with Crippen LogP contribution in [-0.2, 0) is 17.6 Å². The molecule has 1 heterocycles. The molecule has 1 aromatic carbocycles. The largest absolute Gasteiger partial charge is 0.299 e. The van der Waals surface area contributed by atoms with Crippen molar-refractivity contribution < 1.29 is 4.79 Å². The van der Waals surface area contributed by atoms with Crippen molar-refractivity contribution in [1.82, 2.24) is 4.98 Å². The van der Waals surface area contributed by atoms with Crippen LogP contribution >= 0.6 is 0 Å². The summed E-state index contributed by atoms with van der Waals surface area (Å²) in [5.41, 5.74) is 1.90. The number of ketones is 1. The highest BCUT2D eigenvalue weighted by atomic mass is 16.1. The molecule has 0 bridgehead atoms. The number of nitrogens with zero attached hydrogens (tertiary/aromatic N) is 1. The maximum atomic E-state index is 11.7. The first-order valence-corrected chi connectivity index (χ1v) is 5.30. The molecule has 0 fully saturated rings. The van der Waals surface area contributed by atoms with E-state index in [1.165, 1.54) is 0 Å². The van der Waals surface area contributed by atoms with Gasteiger partial charge in [0.15, 0.2) is 0 Å². The van der Waals surface area contributed by atoms with E-state index < -0.39 is 0 Å². The highest BCUT2D eigenvalue weighted by Gasteiger charge is 2.05. The summed E-state index contributed by atoms with van der Waals surface area (Å²) in [4.78, 5) is 15.9. The molecule has 16 heavy (non-hydrogen) atoms. The van der Waals surface area contributed by atoms with E-state index in [1.807, 2.05) is 48.5 Å². The van der Waals surface area contributed by atoms with Crippen LogP contribution in [0.5, 0.6) is 0 Å². The highest BCUT2D eigenvalue weighted by Crippen LogP contribution is 2.03. The van der Waals surface area contributed by atoms with Gasteiger partial charge in [0.1, 0.15) is 5.78 Å². The van der Waals surface area contributed by atoms with Crippen LogP contribution < -0.4 is 0 Å². The fourth-order valence-electron chi connectivity index (χ4n) is 1.59. The topological polar surface area (TPSA) is 30.0 Å². The van der Waals surface area contributed by atoms with Crippen LogP contribution in [0.25, 0.3) is 0 Å². The van der Waals surface area contributed by atoms with Crippen LogP contribution in [0.1, 0.15) is 11.3 Å². The van der Waals surface area contributed by atoms with Crippen molar-refractivity contribution in [3.63, 3.8) is 0 Å². The number of hydrogen-bond acceptors (Lipinski definition) is 2. The monoisotopic (exact) mass is 211 g/mol. The SMILES string of the molecule is O=C(Cc1ccccc1)Cc1ccccn1. The Labute approximate surface area is 95.0 Å². The van der Waals surface area contributed by atoms with Crippen molar-refractivity contribution in [1.29, 1.82) is 0 Å². The van der Waals surface area contributed by atoms with Gasteiger partial charge in [0, 0.05) is 24.7 Å². The van der Waals surface area contributed by atoms with Crippen molar-refractivity contribution in [3.05, 3.63) is 66.0 Å². The second-order valence-corrected chi connectivity index (χ2v) is 3.70. The molecule has 0 radical (unpaired) electrons. The Morgan fingerprint density at radius 2 is 1.69 bits per heavy atom. The van der Waals surface area contributed by atoms with E-state index in [-0.39, 0.29) is 5.78 Å². The van der Waals surface area contributed by atoms with E-state index in [1.54, 1.807) is 6.20 Å². The van der Waals surface area contributed by atoms with E-state index >= 15 is 0 Å². The quantitative estimate of drug-likeness (QED) is 0.777. The normalized spacial score (nSPS) is 10.0. The van der Waals surface area contributed by atoms with Gasteiger partial charge in [-0.2, -0.15) is 0 Å². The van der Waals surface area contributed by atoms with Crippen LogP contribution in [0.4, 0.5) is 0 Å².